The molecule has 1 atom stereocenters. The van der Waals surface area contributed by atoms with Crippen molar-refractivity contribution in [2.75, 3.05) is 5.73 Å². The lowest BCUT2D eigenvalue weighted by molar-refractivity contribution is 0.587. The minimum absolute atomic E-state index is 0.0697. The van der Waals surface area contributed by atoms with Crippen LogP contribution in [0.3, 0.4) is 0 Å². The predicted octanol–water partition coefficient (Wildman–Crippen LogP) is 3.81. The van der Waals surface area contributed by atoms with Gasteiger partial charge < -0.3 is 11.5 Å². The first-order valence-corrected chi connectivity index (χ1v) is 7.07. The van der Waals surface area contributed by atoms with Gasteiger partial charge in [-0.2, -0.15) is 0 Å². The molecule has 2 aromatic rings. The quantitative estimate of drug-likeness (QED) is 0.832. The lowest BCUT2D eigenvalue weighted by Crippen LogP contribution is -2.18. The lowest BCUT2D eigenvalue weighted by atomic mass is 9.84. The van der Waals surface area contributed by atoms with E-state index in [-0.39, 0.29) is 11.5 Å². The van der Waals surface area contributed by atoms with E-state index in [0.29, 0.717) is 0 Å². The molecule has 0 radical (unpaired) electrons. The fourth-order valence-corrected chi connectivity index (χ4v) is 2.34. The van der Waals surface area contributed by atoms with Crippen LogP contribution in [-0.4, -0.2) is 0 Å². The lowest BCUT2D eigenvalue weighted by Gasteiger charge is -2.22. The van der Waals surface area contributed by atoms with E-state index in [9.17, 15) is 0 Å². The van der Waals surface area contributed by atoms with Gasteiger partial charge >= 0.3 is 0 Å². The van der Waals surface area contributed by atoms with Gasteiger partial charge in [0, 0.05) is 11.7 Å². The molecule has 20 heavy (non-hydrogen) atoms. The van der Waals surface area contributed by atoms with E-state index in [1.807, 2.05) is 24.3 Å². The van der Waals surface area contributed by atoms with Crippen molar-refractivity contribution in [3.63, 3.8) is 0 Å². The molecule has 0 amide bonds. The van der Waals surface area contributed by atoms with E-state index >= 15 is 0 Å². The molecule has 1 unspecified atom stereocenters. The first-order valence-electron chi connectivity index (χ1n) is 7.07. The second-order valence-electron chi connectivity index (χ2n) is 6.39. The summed E-state index contributed by atoms with van der Waals surface area (Å²) in [5, 5.41) is 0. The normalized spacial score (nSPS) is 13.2. The van der Waals surface area contributed by atoms with Crippen LogP contribution < -0.4 is 11.5 Å². The van der Waals surface area contributed by atoms with Crippen molar-refractivity contribution in [2.24, 2.45) is 5.73 Å². The molecule has 106 valence electrons. The summed E-state index contributed by atoms with van der Waals surface area (Å²) < 4.78 is 0. The van der Waals surface area contributed by atoms with Gasteiger partial charge in [0.2, 0.25) is 0 Å². The van der Waals surface area contributed by atoms with Crippen LogP contribution in [0.5, 0.6) is 0 Å². The third kappa shape index (κ3) is 3.40. The average molecular weight is 268 g/mol. The topological polar surface area (TPSA) is 52.0 Å². The molecule has 2 rings (SSSR count). The van der Waals surface area contributed by atoms with Gasteiger partial charge in [-0.25, -0.2) is 0 Å². The van der Waals surface area contributed by atoms with Crippen LogP contribution in [0.1, 0.15) is 43.5 Å². The molecule has 0 fully saturated rings. The Morgan fingerprint density at radius 1 is 1.00 bits per heavy atom. The van der Waals surface area contributed by atoms with Crippen LogP contribution in [0.4, 0.5) is 5.69 Å². The molecule has 0 aliphatic heterocycles. The highest BCUT2D eigenvalue weighted by Gasteiger charge is 2.17. The van der Waals surface area contributed by atoms with Crippen molar-refractivity contribution < 1.29 is 0 Å². The monoisotopic (exact) mass is 268 g/mol. The molecule has 0 saturated carbocycles. The van der Waals surface area contributed by atoms with Crippen molar-refractivity contribution in [1.29, 1.82) is 0 Å². The SMILES string of the molecule is CC(C)(C)c1ccc(N)c(C(N)Cc2ccccc2)c1. The Bertz CT molecular complexity index is 568. The molecular weight excluding hydrogens is 244 g/mol. The van der Waals surface area contributed by atoms with Crippen molar-refractivity contribution >= 4 is 5.69 Å². The third-order valence-corrected chi connectivity index (χ3v) is 3.65. The molecular formula is C18H24N2. The number of hydrogen-bond acceptors (Lipinski definition) is 2. The number of anilines is 1. The van der Waals surface area contributed by atoms with Crippen LogP contribution >= 0.6 is 0 Å². The standard InChI is InChI=1S/C18H24N2/c1-18(2,3)14-9-10-16(19)15(12-14)17(20)11-13-7-5-4-6-8-13/h4-10,12,17H,11,19-20H2,1-3H3. The third-order valence-electron chi connectivity index (χ3n) is 3.65. The van der Waals surface area contributed by atoms with Crippen molar-refractivity contribution in [3.8, 4) is 0 Å². The fourth-order valence-electron chi connectivity index (χ4n) is 2.34. The molecule has 0 heterocycles. The van der Waals surface area contributed by atoms with Gasteiger partial charge in [-0.3, -0.25) is 0 Å². The number of hydrogen-bond donors (Lipinski definition) is 2. The highest BCUT2D eigenvalue weighted by molar-refractivity contribution is 5.51. The Morgan fingerprint density at radius 3 is 2.25 bits per heavy atom. The highest BCUT2D eigenvalue weighted by atomic mass is 14.7. The van der Waals surface area contributed by atoms with Crippen molar-refractivity contribution in [1.82, 2.24) is 0 Å². The van der Waals surface area contributed by atoms with Gasteiger partial charge in [0.1, 0.15) is 0 Å². The van der Waals surface area contributed by atoms with Crippen LogP contribution in [0.15, 0.2) is 48.5 Å². The van der Waals surface area contributed by atoms with Gasteiger partial charge in [0.25, 0.3) is 0 Å². The average Bonchev–Trinajstić information content (AvgIpc) is 2.39. The Kier molecular flexibility index (Phi) is 4.15. The van der Waals surface area contributed by atoms with Gasteiger partial charge in [-0.1, -0.05) is 63.2 Å². The molecule has 0 spiro atoms. The molecule has 0 bridgehead atoms. The molecule has 4 N–H and O–H groups in total. The molecule has 2 aromatic carbocycles. The van der Waals surface area contributed by atoms with E-state index in [1.165, 1.54) is 11.1 Å². The van der Waals surface area contributed by atoms with E-state index < -0.39 is 0 Å². The predicted molar refractivity (Wildman–Crippen MR) is 86.6 cm³/mol. The summed E-state index contributed by atoms with van der Waals surface area (Å²) in [5.41, 5.74) is 16.9. The van der Waals surface area contributed by atoms with E-state index in [2.05, 4.69) is 45.0 Å². The summed E-state index contributed by atoms with van der Waals surface area (Å²) in [6.45, 7) is 6.60. The van der Waals surface area contributed by atoms with Crippen molar-refractivity contribution in [3.05, 3.63) is 65.2 Å². The minimum atomic E-state index is -0.0697. The second-order valence-corrected chi connectivity index (χ2v) is 6.39. The van der Waals surface area contributed by atoms with Gasteiger partial charge in [-0.15, -0.1) is 0 Å². The maximum atomic E-state index is 6.36. The summed E-state index contributed by atoms with van der Waals surface area (Å²) >= 11 is 0. The fraction of sp³-hybridized carbons (Fsp3) is 0.333. The van der Waals surface area contributed by atoms with Gasteiger partial charge in [-0.05, 0) is 34.6 Å². The maximum Gasteiger partial charge on any atom is 0.0362 e. The molecule has 0 saturated heterocycles. The van der Waals surface area contributed by atoms with E-state index in [1.54, 1.807) is 0 Å². The largest absolute Gasteiger partial charge is 0.398 e. The molecule has 2 heteroatoms. The van der Waals surface area contributed by atoms with E-state index in [0.717, 1.165) is 17.7 Å². The Hall–Kier alpha value is -1.80. The minimum Gasteiger partial charge on any atom is -0.398 e. The summed E-state index contributed by atoms with van der Waals surface area (Å²) in [7, 11) is 0. The zero-order valence-corrected chi connectivity index (χ0v) is 12.6. The molecule has 2 nitrogen and oxygen atoms in total. The van der Waals surface area contributed by atoms with Gasteiger partial charge in [0.05, 0.1) is 0 Å². The summed E-state index contributed by atoms with van der Waals surface area (Å²) in [5.74, 6) is 0. The first kappa shape index (κ1) is 14.6. The van der Waals surface area contributed by atoms with Crippen molar-refractivity contribution in [2.45, 2.75) is 38.6 Å². The zero-order valence-electron chi connectivity index (χ0n) is 12.6. The van der Waals surface area contributed by atoms with Crippen LogP contribution in [0.25, 0.3) is 0 Å². The molecule has 0 aromatic heterocycles. The number of nitrogens with two attached hydrogens (primary N) is 2. The maximum absolute atomic E-state index is 6.36. The zero-order chi connectivity index (χ0) is 14.8. The summed E-state index contributed by atoms with van der Waals surface area (Å²) in [6, 6.07) is 16.4. The first-order chi connectivity index (χ1) is 9.38. The molecule has 0 aliphatic carbocycles. The van der Waals surface area contributed by atoms with Gasteiger partial charge in [0.15, 0.2) is 0 Å². The number of nitrogen functional groups attached to an aromatic ring is 1. The summed E-state index contributed by atoms with van der Waals surface area (Å²) in [6.07, 6.45) is 0.804. The van der Waals surface area contributed by atoms with E-state index in [4.69, 9.17) is 11.5 Å². The summed E-state index contributed by atoms with van der Waals surface area (Å²) in [4.78, 5) is 0. The highest BCUT2D eigenvalue weighted by Crippen LogP contribution is 2.29. The Morgan fingerprint density at radius 2 is 1.65 bits per heavy atom. The number of benzene rings is 2. The number of rotatable bonds is 3. The second kappa shape index (κ2) is 5.68. The Balaban J connectivity index is 2.27. The smallest absolute Gasteiger partial charge is 0.0362 e. The van der Waals surface area contributed by atoms with Crippen LogP contribution in [-0.2, 0) is 11.8 Å². The molecule has 0 aliphatic rings. The van der Waals surface area contributed by atoms with Crippen LogP contribution in [0.2, 0.25) is 0 Å². The Labute approximate surface area is 121 Å². The van der Waals surface area contributed by atoms with Crippen LogP contribution in [0, 0.1) is 0 Å².